The summed E-state index contributed by atoms with van der Waals surface area (Å²) in [6.07, 6.45) is -0.904. The van der Waals surface area contributed by atoms with E-state index in [2.05, 4.69) is 0 Å². The zero-order chi connectivity index (χ0) is 15.1. The lowest BCUT2D eigenvalue weighted by atomic mass is 9.92. The molecule has 5 nitrogen and oxygen atoms in total. The molecule has 0 saturated carbocycles. The van der Waals surface area contributed by atoms with Crippen LogP contribution in [0.3, 0.4) is 0 Å². The summed E-state index contributed by atoms with van der Waals surface area (Å²) in [6.45, 7) is 3.40. The molecule has 1 atom stereocenters. The summed E-state index contributed by atoms with van der Waals surface area (Å²) in [5.74, 6) is -2.93. The first kappa shape index (κ1) is 15.9. The molecule has 0 aliphatic carbocycles. The molecule has 1 aromatic carbocycles. The third-order valence-corrected chi connectivity index (χ3v) is 2.63. The Morgan fingerprint density at radius 1 is 1.10 bits per heavy atom. The van der Waals surface area contributed by atoms with Crippen LogP contribution in [0.25, 0.3) is 0 Å². The maximum atomic E-state index is 12.2. The van der Waals surface area contributed by atoms with E-state index >= 15 is 0 Å². The Kier molecular flexibility index (Phi) is 5.90. The van der Waals surface area contributed by atoms with Gasteiger partial charge in [0.1, 0.15) is 0 Å². The van der Waals surface area contributed by atoms with E-state index in [1.54, 1.807) is 44.2 Å². The van der Waals surface area contributed by atoms with Crippen molar-refractivity contribution in [1.82, 2.24) is 0 Å². The highest BCUT2D eigenvalue weighted by Gasteiger charge is 2.26. The van der Waals surface area contributed by atoms with Crippen molar-refractivity contribution in [3.63, 3.8) is 0 Å². The lowest BCUT2D eigenvalue weighted by molar-refractivity contribution is -0.148. The molecule has 1 unspecified atom stereocenters. The highest BCUT2D eigenvalue weighted by atomic mass is 16.5. The number of esters is 1. The van der Waals surface area contributed by atoms with Crippen molar-refractivity contribution in [1.29, 1.82) is 0 Å². The first-order valence-electron chi connectivity index (χ1n) is 6.40. The molecule has 0 fully saturated rings. The van der Waals surface area contributed by atoms with Crippen molar-refractivity contribution in [3.05, 3.63) is 35.9 Å². The predicted molar refractivity (Wildman–Crippen MR) is 72.4 cm³/mol. The monoisotopic (exact) mass is 278 g/mol. The number of rotatable bonds is 7. The second-order valence-electron chi connectivity index (χ2n) is 4.77. The number of carboxylic acids is 1. The van der Waals surface area contributed by atoms with Crippen LogP contribution in [0.1, 0.15) is 37.0 Å². The molecule has 0 radical (unpaired) electrons. The van der Waals surface area contributed by atoms with Gasteiger partial charge in [0.05, 0.1) is 18.9 Å². The fraction of sp³-hybridized carbons (Fsp3) is 0.400. The molecule has 5 heteroatoms. The molecular formula is C15H18O5. The highest BCUT2D eigenvalue weighted by molar-refractivity contribution is 6.00. The Hall–Kier alpha value is -2.17. The Morgan fingerprint density at radius 2 is 1.70 bits per heavy atom. The van der Waals surface area contributed by atoms with E-state index in [9.17, 15) is 14.4 Å². The van der Waals surface area contributed by atoms with E-state index in [1.807, 2.05) is 0 Å². The normalized spacial score (nSPS) is 11.9. The smallest absolute Gasteiger partial charge is 0.306 e. The van der Waals surface area contributed by atoms with Gasteiger partial charge in [0.25, 0.3) is 0 Å². The Bertz CT molecular complexity index is 478. The zero-order valence-electron chi connectivity index (χ0n) is 11.5. The topological polar surface area (TPSA) is 80.7 Å². The molecule has 1 N–H and O–H groups in total. The summed E-state index contributed by atoms with van der Waals surface area (Å²) in [5.41, 5.74) is 0.399. The Labute approximate surface area is 117 Å². The molecule has 1 aromatic rings. The molecule has 20 heavy (non-hydrogen) atoms. The van der Waals surface area contributed by atoms with Gasteiger partial charge in [-0.25, -0.2) is 0 Å². The van der Waals surface area contributed by atoms with Crippen LogP contribution in [0.15, 0.2) is 30.3 Å². The molecule has 1 rings (SSSR count). The first-order chi connectivity index (χ1) is 9.40. The second kappa shape index (κ2) is 7.43. The van der Waals surface area contributed by atoms with Gasteiger partial charge in [-0.3, -0.25) is 14.4 Å². The summed E-state index contributed by atoms with van der Waals surface area (Å²) in [6, 6.07) is 8.35. The number of hydrogen-bond donors (Lipinski definition) is 1. The van der Waals surface area contributed by atoms with Crippen LogP contribution in [0.2, 0.25) is 0 Å². The van der Waals surface area contributed by atoms with Crippen molar-refractivity contribution in [2.45, 2.75) is 32.8 Å². The maximum Gasteiger partial charge on any atom is 0.306 e. The van der Waals surface area contributed by atoms with E-state index in [-0.39, 0.29) is 24.7 Å². The number of hydrogen-bond acceptors (Lipinski definition) is 4. The molecular weight excluding hydrogens is 260 g/mol. The van der Waals surface area contributed by atoms with E-state index in [0.29, 0.717) is 5.56 Å². The number of carbonyl (C=O) groups is 3. The third-order valence-electron chi connectivity index (χ3n) is 2.63. The van der Waals surface area contributed by atoms with Gasteiger partial charge >= 0.3 is 11.9 Å². The van der Waals surface area contributed by atoms with Gasteiger partial charge in [-0.2, -0.15) is 0 Å². The summed E-state index contributed by atoms with van der Waals surface area (Å²) in [4.78, 5) is 34.7. The molecule has 0 aromatic heterocycles. The zero-order valence-corrected chi connectivity index (χ0v) is 11.5. The van der Waals surface area contributed by atoms with Gasteiger partial charge in [-0.1, -0.05) is 30.3 Å². The van der Waals surface area contributed by atoms with Crippen molar-refractivity contribution in [3.8, 4) is 0 Å². The Balaban J connectivity index is 2.81. The third kappa shape index (κ3) is 5.22. The van der Waals surface area contributed by atoms with E-state index in [1.165, 1.54) is 0 Å². The fourth-order valence-corrected chi connectivity index (χ4v) is 1.82. The van der Waals surface area contributed by atoms with Gasteiger partial charge in [0.2, 0.25) is 0 Å². The van der Waals surface area contributed by atoms with Gasteiger partial charge in [-0.05, 0) is 13.8 Å². The standard InChI is InChI=1S/C15H18O5/c1-10(2)20-14(18)9-12(8-13(16)17)15(19)11-6-4-3-5-7-11/h3-7,10,12H,8-9H2,1-2H3,(H,16,17). The summed E-state index contributed by atoms with van der Waals surface area (Å²) in [7, 11) is 0. The first-order valence-corrected chi connectivity index (χ1v) is 6.40. The summed E-state index contributed by atoms with van der Waals surface area (Å²) < 4.78 is 4.96. The van der Waals surface area contributed by atoms with E-state index in [0.717, 1.165) is 0 Å². The van der Waals surface area contributed by atoms with Crippen molar-refractivity contribution >= 4 is 17.7 Å². The largest absolute Gasteiger partial charge is 0.481 e. The summed E-state index contributed by atoms with van der Waals surface area (Å²) >= 11 is 0. The minimum Gasteiger partial charge on any atom is -0.481 e. The number of Topliss-reactive ketones (excluding diaryl/α,β-unsaturated/α-hetero) is 1. The molecule has 0 amide bonds. The van der Waals surface area contributed by atoms with Crippen LogP contribution in [-0.2, 0) is 14.3 Å². The lowest BCUT2D eigenvalue weighted by Gasteiger charge is -2.14. The maximum absolute atomic E-state index is 12.2. The van der Waals surface area contributed by atoms with Crippen LogP contribution < -0.4 is 0 Å². The van der Waals surface area contributed by atoms with Crippen molar-refractivity contribution < 1.29 is 24.2 Å². The van der Waals surface area contributed by atoms with E-state index < -0.39 is 17.9 Å². The van der Waals surface area contributed by atoms with Crippen LogP contribution in [0, 0.1) is 5.92 Å². The van der Waals surface area contributed by atoms with Crippen LogP contribution in [0.5, 0.6) is 0 Å². The average Bonchev–Trinajstić information content (AvgIpc) is 2.36. The predicted octanol–water partition coefficient (Wildman–Crippen LogP) is 2.30. The van der Waals surface area contributed by atoms with Crippen LogP contribution in [0.4, 0.5) is 0 Å². The van der Waals surface area contributed by atoms with Gasteiger partial charge < -0.3 is 9.84 Å². The SMILES string of the molecule is CC(C)OC(=O)CC(CC(=O)O)C(=O)c1ccccc1. The lowest BCUT2D eigenvalue weighted by Crippen LogP contribution is -2.24. The number of ether oxygens (including phenoxy) is 1. The van der Waals surface area contributed by atoms with Crippen LogP contribution in [-0.4, -0.2) is 28.9 Å². The summed E-state index contributed by atoms with van der Waals surface area (Å²) in [5, 5.41) is 8.87. The molecule has 0 aliphatic heterocycles. The molecule has 0 aliphatic rings. The highest BCUT2D eigenvalue weighted by Crippen LogP contribution is 2.17. The minimum absolute atomic E-state index is 0.224. The number of aliphatic carboxylic acids is 1. The molecule has 0 spiro atoms. The quantitative estimate of drug-likeness (QED) is 0.611. The Morgan fingerprint density at radius 3 is 2.20 bits per heavy atom. The van der Waals surface area contributed by atoms with Gasteiger partial charge in [0.15, 0.2) is 5.78 Å². The van der Waals surface area contributed by atoms with Crippen molar-refractivity contribution in [2.24, 2.45) is 5.92 Å². The van der Waals surface area contributed by atoms with Gasteiger partial charge in [0, 0.05) is 11.5 Å². The minimum atomic E-state index is -1.11. The fourth-order valence-electron chi connectivity index (χ4n) is 1.82. The number of benzene rings is 1. The number of carboxylic acid groups (broad SMARTS) is 1. The second-order valence-corrected chi connectivity index (χ2v) is 4.77. The number of ketones is 1. The molecule has 0 heterocycles. The molecule has 108 valence electrons. The average molecular weight is 278 g/mol. The number of carbonyl (C=O) groups excluding carboxylic acids is 2. The van der Waals surface area contributed by atoms with Crippen LogP contribution >= 0.6 is 0 Å². The molecule has 0 saturated heterocycles. The van der Waals surface area contributed by atoms with Crippen molar-refractivity contribution in [2.75, 3.05) is 0 Å². The van der Waals surface area contributed by atoms with Gasteiger partial charge in [-0.15, -0.1) is 0 Å². The molecule has 0 bridgehead atoms. The van der Waals surface area contributed by atoms with E-state index in [4.69, 9.17) is 9.84 Å².